The Hall–Kier alpha value is -3.02. The van der Waals surface area contributed by atoms with Gasteiger partial charge >= 0.3 is 0 Å². The molecule has 2 amide bonds. The summed E-state index contributed by atoms with van der Waals surface area (Å²) in [5.74, 6) is 0.581. The number of hydrogen-bond acceptors (Lipinski definition) is 4. The molecule has 0 aliphatic rings. The summed E-state index contributed by atoms with van der Waals surface area (Å²) >= 11 is 0. The fourth-order valence-corrected chi connectivity index (χ4v) is 2.15. The number of methoxy groups -OCH3 is 1. The van der Waals surface area contributed by atoms with Gasteiger partial charge in [-0.15, -0.1) is 0 Å². The topological polar surface area (TPSA) is 76.7 Å². The molecule has 0 spiro atoms. The lowest BCUT2D eigenvalue weighted by Gasteiger charge is -2.15. The maximum atomic E-state index is 12.0. The summed E-state index contributed by atoms with van der Waals surface area (Å²) in [5.41, 5.74) is 6.62. The summed E-state index contributed by atoms with van der Waals surface area (Å²) in [4.78, 5) is 23.9. The van der Waals surface area contributed by atoms with Gasteiger partial charge in [0.15, 0.2) is 6.10 Å². The smallest absolute Gasteiger partial charge is 0.279 e. The van der Waals surface area contributed by atoms with Crippen LogP contribution >= 0.6 is 0 Å². The minimum Gasteiger partial charge on any atom is -0.497 e. The molecular formula is C19H22N2O4. The largest absolute Gasteiger partial charge is 0.497 e. The predicted molar refractivity (Wildman–Crippen MR) is 94.3 cm³/mol. The number of carbonyl (C=O) groups excluding carboxylic acids is 2. The first-order valence-corrected chi connectivity index (χ1v) is 7.93. The first kappa shape index (κ1) is 18.3. The Kier molecular flexibility index (Phi) is 6.39. The molecule has 0 radical (unpaired) electrons. The molecule has 25 heavy (non-hydrogen) atoms. The molecule has 0 fully saturated rings. The van der Waals surface area contributed by atoms with Crippen LogP contribution in [0.15, 0.2) is 48.5 Å². The molecule has 0 bridgehead atoms. The number of ether oxygens (including phenoxy) is 2. The van der Waals surface area contributed by atoms with E-state index in [1.54, 1.807) is 44.4 Å². The van der Waals surface area contributed by atoms with Crippen molar-refractivity contribution in [2.24, 2.45) is 0 Å². The van der Waals surface area contributed by atoms with E-state index in [1.165, 1.54) is 0 Å². The van der Waals surface area contributed by atoms with E-state index in [4.69, 9.17) is 9.47 Å². The maximum absolute atomic E-state index is 12.0. The van der Waals surface area contributed by atoms with E-state index in [9.17, 15) is 9.59 Å². The monoisotopic (exact) mass is 342 g/mol. The highest BCUT2D eigenvalue weighted by Gasteiger charge is 2.15. The highest BCUT2D eigenvalue weighted by molar-refractivity contribution is 5.85. The van der Waals surface area contributed by atoms with Crippen LogP contribution in [0.2, 0.25) is 0 Å². The van der Waals surface area contributed by atoms with E-state index < -0.39 is 12.0 Å². The summed E-state index contributed by atoms with van der Waals surface area (Å²) in [6.07, 6.45) is -0.583. The van der Waals surface area contributed by atoms with Crippen molar-refractivity contribution < 1.29 is 19.1 Å². The van der Waals surface area contributed by atoms with Crippen molar-refractivity contribution in [3.8, 4) is 11.5 Å². The zero-order chi connectivity index (χ0) is 18.2. The summed E-state index contributed by atoms with van der Waals surface area (Å²) in [7, 11) is 1.58. The second-order valence-electron chi connectivity index (χ2n) is 5.64. The van der Waals surface area contributed by atoms with Crippen LogP contribution in [-0.2, 0) is 16.0 Å². The fourth-order valence-electron chi connectivity index (χ4n) is 2.15. The fraction of sp³-hybridized carbons (Fsp3) is 0.263. The quantitative estimate of drug-likeness (QED) is 0.789. The lowest BCUT2D eigenvalue weighted by atomic mass is 10.1. The zero-order valence-corrected chi connectivity index (χ0v) is 14.5. The number of nitrogens with one attached hydrogen (secondary N) is 2. The Bertz CT molecular complexity index is 728. The Morgan fingerprint density at radius 2 is 1.76 bits per heavy atom. The summed E-state index contributed by atoms with van der Waals surface area (Å²) in [6, 6.07) is 14.6. The molecule has 0 aliphatic heterocycles. The molecule has 6 heteroatoms. The molecule has 0 aliphatic carbocycles. The summed E-state index contributed by atoms with van der Waals surface area (Å²) in [5, 5.41) is 0. The van der Waals surface area contributed by atoms with Crippen LogP contribution in [0.25, 0.3) is 0 Å². The van der Waals surface area contributed by atoms with Crippen molar-refractivity contribution >= 4 is 11.8 Å². The van der Waals surface area contributed by atoms with Gasteiger partial charge in [0, 0.05) is 0 Å². The van der Waals surface area contributed by atoms with Gasteiger partial charge in [-0.1, -0.05) is 24.3 Å². The van der Waals surface area contributed by atoms with E-state index in [1.807, 2.05) is 25.1 Å². The standard InChI is InChI=1S/C19H22N2O4/c1-13-5-4-6-17(11-13)25-14(2)19(23)21-20-18(22)12-15-7-9-16(24-3)10-8-15/h4-11,14H,12H2,1-3H3,(H,20,22)(H,21,23). The van der Waals surface area contributed by atoms with Gasteiger partial charge in [0.05, 0.1) is 13.5 Å². The van der Waals surface area contributed by atoms with Crippen LogP contribution in [0.1, 0.15) is 18.1 Å². The van der Waals surface area contributed by atoms with Crippen molar-refractivity contribution in [3.05, 3.63) is 59.7 Å². The minimum atomic E-state index is -0.733. The zero-order valence-electron chi connectivity index (χ0n) is 14.5. The Morgan fingerprint density at radius 1 is 1.04 bits per heavy atom. The minimum absolute atomic E-state index is 0.150. The molecule has 132 valence electrons. The highest BCUT2D eigenvalue weighted by Crippen LogP contribution is 2.14. The average molecular weight is 342 g/mol. The van der Waals surface area contributed by atoms with Gasteiger partial charge in [-0.2, -0.15) is 0 Å². The molecule has 0 saturated carbocycles. The molecular weight excluding hydrogens is 320 g/mol. The normalized spacial score (nSPS) is 11.3. The number of rotatable bonds is 6. The van der Waals surface area contributed by atoms with Crippen molar-refractivity contribution in [2.45, 2.75) is 26.4 Å². The highest BCUT2D eigenvalue weighted by atomic mass is 16.5. The first-order chi connectivity index (χ1) is 12.0. The lowest BCUT2D eigenvalue weighted by Crippen LogP contribution is -2.47. The second kappa shape index (κ2) is 8.73. The Labute approximate surface area is 147 Å². The van der Waals surface area contributed by atoms with Gasteiger partial charge in [0.25, 0.3) is 5.91 Å². The number of hydrogen-bond donors (Lipinski definition) is 2. The third-order valence-corrected chi connectivity index (χ3v) is 3.52. The summed E-state index contributed by atoms with van der Waals surface area (Å²) < 4.78 is 10.6. The number of benzene rings is 2. The molecule has 2 rings (SSSR count). The van der Waals surface area contributed by atoms with Crippen molar-refractivity contribution in [1.29, 1.82) is 0 Å². The molecule has 1 unspecified atom stereocenters. The van der Waals surface area contributed by atoms with E-state index in [0.717, 1.165) is 16.9 Å². The van der Waals surface area contributed by atoms with Crippen LogP contribution < -0.4 is 20.3 Å². The second-order valence-corrected chi connectivity index (χ2v) is 5.64. The number of amides is 2. The number of aryl methyl sites for hydroxylation is 1. The first-order valence-electron chi connectivity index (χ1n) is 7.93. The van der Waals surface area contributed by atoms with E-state index in [2.05, 4.69) is 10.9 Å². The molecule has 0 heterocycles. The molecule has 0 saturated heterocycles. The van der Waals surface area contributed by atoms with Crippen molar-refractivity contribution in [1.82, 2.24) is 10.9 Å². The molecule has 0 aromatic heterocycles. The van der Waals surface area contributed by atoms with Gasteiger partial charge < -0.3 is 9.47 Å². The van der Waals surface area contributed by atoms with Gasteiger partial charge in [0.1, 0.15) is 11.5 Å². The van der Waals surface area contributed by atoms with Crippen LogP contribution in [0.3, 0.4) is 0 Å². The third kappa shape index (κ3) is 5.84. The Balaban J connectivity index is 1.78. The van der Waals surface area contributed by atoms with Crippen molar-refractivity contribution in [2.75, 3.05) is 7.11 Å². The molecule has 2 aromatic rings. The van der Waals surface area contributed by atoms with Gasteiger partial charge in [-0.05, 0) is 49.2 Å². The van der Waals surface area contributed by atoms with Crippen LogP contribution in [0.4, 0.5) is 0 Å². The molecule has 2 aromatic carbocycles. The average Bonchev–Trinajstić information content (AvgIpc) is 2.60. The van der Waals surface area contributed by atoms with E-state index in [-0.39, 0.29) is 12.3 Å². The molecule has 2 N–H and O–H groups in total. The maximum Gasteiger partial charge on any atom is 0.279 e. The lowest BCUT2D eigenvalue weighted by molar-refractivity contribution is -0.132. The number of carbonyl (C=O) groups is 2. The van der Waals surface area contributed by atoms with Gasteiger partial charge in [0.2, 0.25) is 5.91 Å². The third-order valence-electron chi connectivity index (χ3n) is 3.52. The van der Waals surface area contributed by atoms with Crippen LogP contribution in [0.5, 0.6) is 11.5 Å². The van der Waals surface area contributed by atoms with Crippen LogP contribution in [0, 0.1) is 6.92 Å². The molecule has 1 atom stereocenters. The van der Waals surface area contributed by atoms with Crippen molar-refractivity contribution in [3.63, 3.8) is 0 Å². The van der Waals surface area contributed by atoms with Gasteiger partial charge in [-0.25, -0.2) is 0 Å². The number of hydrazine groups is 1. The molecule has 6 nitrogen and oxygen atoms in total. The summed E-state index contributed by atoms with van der Waals surface area (Å²) in [6.45, 7) is 3.56. The predicted octanol–water partition coefficient (Wildman–Crippen LogP) is 2.16. The Morgan fingerprint density at radius 3 is 2.40 bits per heavy atom. The van der Waals surface area contributed by atoms with E-state index >= 15 is 0 Å². The SMILES string of the molecule is COc1ccc(CC(=O)NNC(=O)C(C)Oc2cccc(C)c2)cc1. The van der Waals surface area contributed by atoms with E-state index in [0.29, 0.717) is 5.75 Å². The van der Waals surface area contributed by atoms with Gasteiger partial charge in [-0.3, -0.25) is 20.4 Å². The van der Waals surface area contributed by atoms with Crippen LogP contribution in [-0.4, -0.2) is 25.0 Å².